The van der Waals surface area contributed by atoms with E-state index in [-0.39, 0.29) is 0 Å². The summed E-state index contributed by atoms with van der Waals surface area (Å²) in [5.41, 5.74) is 5.43. The third kappa shape index (κ3) is 2.42. The zero-order chi connectivity index (χ0) is 11.8. The predicted octanol–water partition coefficient (Wildman–Crippen LogP) is -0.707. The number of hydrogen-bond donors (Lipinski definition) is 4. The van der Waals surface area contributed by atoms with Crippen LogP contribution in [0.2, 0.25) is 0 Å². The lowest BCUT2D eigenvalue weighted by molar-refractivity contribution is -0.141. The van der Waals surface area contributed by atoms with Gasteiger partial charge in [-0.15, -0.1) is 11.8 Å². The van der Waals surface area contributed by atoms with Gasteiger partial charge in [0, 0.05) is 4.75 Å². The van der Waals surface area contributed by atoms with E-state index in [1.54, 1.807) is 13.8 Å². The average molecular weight is 234 g/mol. The normalized spacial score (nSPS) is 31.1. The first-order valence-electron chi connectivity index (χ1n) is 4.41. The molecule has 0 aromatic carbocycles. The van der Waals surface area contributed by atoms with Crippen molar-refractivity contribution in [3.8, 4) is 0 Å². The highest BCUT2D eigenvalue weighted by Crippen LogP contribution is 2.38. The van der Waals surface area contributed by atoms with E-state index in [9.17, 15) is 9.59 Å². The maximum atomic E-state index is 10.9. The van der Waals surface area contributed by atoms with Crippen LogP contribution in [-0.2, 0) is 9.59 Å². The Labute approximate surface area is 91.2 Å². The van der Waals surface area contributed by atoms with Gasteiger partial charge in [-0.25, -0.2) is 0 Å². The third-order valence-electron chi connectivity index (χ3n) is 2.32. The summed E-state index contributed by atoms with van der Waals surface area (Å²) >= 11 is 1.24. The number of rotatable bonds is 3. The second kappa shape index (κ2) is 3.99. The molecule has 5 N–H and O–H groups in total. The lowest BCUT2D eigenvalue weighted by Gasteiger charge is -2.20. The summed E-state index contributed by atoms with van der Waals surface area (Å²) in [5, 5.41) is 19.8. The Kier molecular flexibility index (Phi) is 3.27. The zero-order valence-electron chi connectivity index (χ0n) is 8.43. The molecule has 1 aliphatic rings. The molecule has 0 aliphatic carbocycles. The Morgan fingerprint density at radius 1 is 1.47 bits per heavy atom. The van der Waals surface area contributed by atoms with Crippen LogP contribution in [0.1, 0.15) is 13.8 Å². The van der Waals surface area contributed by atoms with Crippen LogP contribution < -0.4 is 11.1 Å². The van der Waals surface area contributed by atoms with E-state index in [1.807, 2.05) is 0 Å². The van der Waals surface area contributed by atoms with Gasteiger partial charge in [-0.3, -0.25) is 14.9 Å². The maximum absolute atomic E-state index is 10.9. The minimum atomic E-state index is -1.14. The Hall–Kier alpha value is -0.790. The highest BCUT2D eigenvalue weighted by atomic mass is 32.2. The molecule has 86 valence electrons. The number of nitrogens with one attached hydrogen (secondary N) is 1. The van der Waals surface area contributed by atoms with E-state index in [2.05, 4.69) is 5.32 Å². The van der Waals surface area contributed by atoms with Gasteiger partial charge in [0.25, 0.3) is 0 Å². The summed E-state index contributed by atoms with van der Waals surface area (Å²) in [6.45, 7) is 3.50. The van der Waals surface area contributed by atoms with Crippen LogP contribution >= 0.6 is 11.8 Å². The molecule has 15 heavy (non-hydrogen) atoms. The molecule has 1 rings (SSSR count). The summed E-state index contributed by atoms with van der Waals surface area (Å²) in [4.78, 5) is 21.5. The van der Waals surface area contributed by atoms with Crippen molar-refractivity contribution in [2.75, 3.05) is 0 Å². The minimum absolute atomic E-state index is 0.566. The van der Waals surface area contributed by atoms with Crippen molar-refractivity contribution in [1.82, 2.24) is 5.32 Å². The van der Waals surface area contributed by atoms with Crippen LogP contribution in [0.25, 0.3) is 0 Å². The fraction of sp³-hybridized carbons (Fsp3) is 0.750. The minimum Gasteiger partial charge on any atom is -0.480 e. The summed E-state index contributed by atoms with van der Waals surface area (Å²) < 4.78 is -0.566. The van der Waals surface area contributed by atoms with E-state index in [0.29, 0.717) is 0 Å². The lowest BCUT2D eigenvalue weighted by atomic mass is 10.0. The van der Waals surface area contributed by atoms with Gasteiger partial charge in [0.1, 0.15) is 12.1 Å². The summed E-state index contributed by atoms with van der Waals surface area (Å²) in [6.07, 6.45) is 0. The molecule has 1 heterocycles. The SMILES string of the molecule is CC1(C)S[C@H]([C@H](N)C(=O)O)N[C@H]1C(=O)O. The van der Waals surface area contributed by atoms with E-state index >= 15 is 0 Å². The number of carbonyl (C=O) groups is 2. The average Bonchev–Trinajstić information content (AvgIpc) is 2.39. The Morgan fingerprint density at radius 2 is 2.00 bits per heavy atom. The second-order valence-electron chi connectivity index (χ2n) is 3.94. The van der Waals surface area contributed by atoms with Gasteiger partial charge in [0.05, 0.1) is 5.37 Å². The molecule has 0 aromatic rings. The van der Waals surface area contributed by atoms with Gasteiger partial charge in [-0.1, -0.05) is 0 Å². The molecule has 0 bridgehead atoms. The van der Waals surface area contributed by atoms with E-state index in [0.717, 1.165) is 0 Å². The molecule has 0 spiro atoms. The first-order chi connectivity index (χ1) is 6.75. The largest absolute Gasteiger partial charge is 0.480 e. The molecule has 3 atom stereocenters. The van der Waals surface area contributed by atoms with Crippen molar-refractivity contribution >= 4 is 23.7 Å². The van der Waals surface area contributed by atoms with Crippen molar-refractivity contribution in [1.29, 1.82) is 0 Å². The number of nitrogens with two attached hydrogens (primary N) is 1. The lowest BCUT2D eigenvalue weighted by Crippen LogP contribution is -2.50. The van der Waals surface area contributed by atoms with E-state index in [1.165, 1.54) is 11.8 Å². The molecule has 7 heteroatoms. The van der Waals surface area contributed by atoms with Crippen LogP contribution in [0, 0.1) is 0 Å². The van der Waals surface area contributed by atoms with Crippen LogP contribution in [0.15, 0.2) is 0 Å². The molecule has 0 saturated carbocycles. The molecule has 0 amide bonds. The fourth-order valence-corrected chi connectivity index (χ4v) is 2.90. The number of carboxylic acid groups (broad SMARTS) is 2. The van der Waals surface area contributed by atoms with Gasteiger partial charge < -0.3 is 15.9 Å². The summed E-state index contributed by atoms with van der Waals surface area (Å²) in [7, 11) is 0. The standard InChI is InChI=1S/C8H14N2O4S/c1-8(2)4(7(13)14)10-5(15-8)3(9)6(11)12/h3-5,10H,9H2,1-2H3,(H,11,12)(H,13,14)/t3-,4-,5+/m0/s1. The van der Waals surface area contributed by atoms with Crippen molar-refractivity contribution in [3.63, 3.8) is 0 Å². The second-order valence-corrected chi connectivity index (χ2v) is 5.74. The molecule has 6 nitrogen and oxygen atoms in total. The van der Waals surface area contributed by atoms with Gasteiger partial charge in [0.15, 0.2) is 0 Å². The molecule has 1 aliphatic heterocycles. The van der Waals surface area contributed by atoms with Crippen LogP contribution in [0.4, 0.5) is 0 Å². The first kappa shape index (κ1) is 12.3. The van der Waals surface area contributed by atoms with Crippen molar-refractivity contribution in [2.24, 2.45) is 5.73 Å². The van der Waals surface area contributed by atoms with E-state index in [4.69, 9.17) is 15.9 Å². The molecule has 0 unspecified atom stereocenters. The highest BCUT2D eigenvalue weighted by molar-refractivity contribution is 8.01. The Morgan fingerprint density at radius 3 is 2.33 bits per heavy atom. The van der Waals surface area contributed by atoms with Gasteiger partial charge in [-0.05, 0) is 13.8 Å². The first-order valence-corrected chi connectivity index (χ1v) is 5.28. The topological polar surface area (TPSA) is 113 Å². The molecule has 0 aromatic heterocycles. The number of aliphatic carboxylic acids is 2. The third-order valence-corrected chi connectivity index (χ3v) is 3.84. The number of thioether (sulfide) groups is 1. The van der Waals surface area contributed by atoms with Gasteiger partial charge >= 0.3 is 11.9 Å². The molecule has 1 saturated heterocycles. The quantitative estimate of drug-likeness (QED) is 0.510. The van der Waals surface area contributed by atoms with Crippen molar-refractivity contribution in [3.05, 3.63) is 0 Å². The predicted molar refractivity (Wildman–Crippen MR) is 55.6 cm³/mol. The smallest absolute Gasteiger partial charge is 0.323 e. The molecule has 0 radical (unpaired) electrons. The Bertz CT molecular complexity index is 294. The Balaban J connectivity index is 2.78. The highest BCUT2D eigenvalue weighted by Gasteiger charge is 2.48. The van der Waals surface area contributed by atoms with Gasteiger partial charge in [0.2, 0.25) is 0 Å². The fourth-order valence-electron chi connectivity index (χ4n) is 1.47. The van der Waals surface area contributed by atoms with Crippen molar-refractivity contribution in [2.45, 2.75) is 36.1 Å². The molecular weight excluding hydrogens is 220 g/mol. The molecular formula is C8H14N2O4S. The van der Waals surface area contributed by atoms with Crippen LogP contribution in [0.3, 0.4) is 0 Å². The summed E-state index contributed by atoms with van der Waals surface area (Å²) in [6, 6.07) is -1.88. The number of hydrogen-bond acceptors (Lipinski definition) is 5. The van der Waals surface area contributed by atoms with Crippen LogP contribution in [-0.4, -0.2) is 44.4 Å². The monoisotopic (exact) mass is 234 g/mol. The molecule has 1 fully saturated rings. The number of carboxylic acids is 2. The van der Waals surface area contributed by atoms with Gasteiger partial charge in [-0.2, -0.15) is 0 Å². The van der Waals surface area contributed by atoms with E-state index < -0.39 is 34.1 Å². The van der Waals surface area contributed by atoms with Crippen LogP contribution in [0.5, 0.6) is 0 Å². The van der Waals surface area contributed by atoms with Crippen molar-refractivity contribution < 1.29 is 19.8 Å². The maximum Gasteiger partial charge on any atom is 0.323 e. The summed E-state index contributed by atoms with van der Waals surface area (Å²) in [5.74, 6) is -2.13. The zero-order valence-corrected chi connectivity index (χ0v) is 9.25.